The summed E-state index contributed by atoms with van der Waals surface area (Å²) in [7, 11) is 0. The molecule has 2 aromatic carbocycles. The Kier molecular flexibility index (Phi) is 4.91. The number of benzene rings is 2. The quantitative estimate of drug-likeness (QED) is 0.450. The van der Waals surface area contributed by atoms with Gasteiger partial charge in [-0.05, 0) is 60.2 Å². The number of rotatable bonds is 5. The molecule has 0 bridgehead atoms. The molecule has 1 aliphatic carbocycles. The number of carbonyl (C=O) groups excluding carboxylic acids is 1. The van der Waals surface area contributed by atoms with Gasteiger partial charge < -0.3 is 21.4 Å². The van der Waals surface area contributed by atoms with Gasteiger partial charge in [0.05, 0.1) is 5.39 Å². The minimum atomic E-state index is -0.785. The summed E-state index contributed by atoms with van der Waals surface area (Å²) in [6, 6.07) is 13.8. The van der Waals surface area contributed by atoms with Crippen LogP contribution in [0, 0.1) is 0 Å². The molecule has 0 spiro atoms. The van der Waals surface area contributed by atoms with E-state index in [4.69, 9.17) is 11.5 Å². The van der Waals surface area contributed by atoms with Gasteiger partial charge in [-0.3, -0.25) is 9.59 Å². The molecular formula is C24H22N6O2. The molecule has 4 aromatic rings. The van der Waals surface area contributed by atoms with Gasteiger partial charge in [-0.2, -0.15) is 4.98 Å². The highest BCUT2D eigenvalue weighted by Gasteiger charge is 2.18. The lowest BCUT2D eigenvalue weighted by atomic mass is 10.1. The van der Waals surface area contributed by atoms with Crippen LogP contribution in [0.15, 0.2) is 59.7 Å². The Morgan fingerprint density at radius 2 is 1.97 bits per heavy atom. The van der Waals surface area contributed by atoms with Crippen molar-refractivity contribution in [1.29, 1.82) is 0 Å². The monoisotopic (exact) mass is 426 g/mol. The van der Waals surface area contributed by atoms with Gasteiger partial charge in [0.15, 0.2) is 5.65 Å². The number of amides is 1. The Bertz CT molecular complexity index is 1430. The van der Waals surface area contributed by atoms with E-state index in [0.29, 0.717) is 18.1 Å². The zero-order chi connectivity index (χ0) is 22.2. The summed E-state index contributed by atoms with van der Waals surface area (Å²) >= 11 is 0. The largest absolute Gasteiger partial charge is 0.365 e. The Morgan fingerprint density at radius 1 is 1.12 bits per heavy atom. The lowest BCUT2D eigenvalue weighted by molar-refractivity contribution is 0.0999. The van der Waals surface area contributed by atoms with Crippen LogP contribution in [0.25, 0.3) is 16.7 Å². The normalized spacial score (nSPS) is 12.7. The number of primary amides is 1. The molecule has 0 fully saturated rings. The maximum Gasteiger partial charge on any atom is 0.254 e. The molecule has 0 radical (unpaired) electrons. The number of hydrogen-bond donors (Lipinski definition) is 3. The fourth-order valence-electron chi connectivity index (χ4n) is 4.16. The number of carbonyl (C=O) groups is 1. The zero-order valence-corrected chi connectivity index (χ0v) is 17.3. The van der Waals surface area contributed by atoms with Gasteiger partial charge in [-0.15, -0.1) is 0 Å². The molecule has 1 aliphatic rings. The van der Waals surface area contributed by atoms with Crippen LogP contribution in [0.5, 0.6) is 0 Å². The molecular weight excluding hydrogens is 404 g/mol. The van der Waals surface area contributed by atoms with E-state index >= 15 is 0 Å². The van der Waals surface area contributed by atoms with Crippen molar-refractivity contribution in [1.82, 2.24) is 14.5 Å². The summed E-state index contributed by atoms with van der Waals surface area (Å²) in [6.07, 6.45) is 6.08. The second-order valence-corrected chi connectivity index (χ2v) is 7.87. The summed E-state index contributed by atoms with van der Waals surface area (Å²) in [6.45, 7) is 0.419. The highest BCUT2D eigenvalue weighted by molar-refractivity contribution is 5.96. The molecule has 2 aromatic heterocycles. The summed E-state index contributed by atoms with van der Waals surface area (Å²) in [5.74, 6) is -0.458. The number of anilines is 2. The number of aromatic nitrogens is 3. The maximum atomic E-state index is 12.9. The van der Waals surface area contributed by atoms with Crippen LogP contribution in [0.3, 0.4) is 0 Å². The molecule has 0 saturated carbocycles. The molecule has 160 valence electrons. The number of aryl methyl sites for hydroxylation is 2. The number of hydrogen-bond acceptors (Lipinski definition) is 6. The topological polar surface area (TPSA) is 129 Å². The van der Waals surface area contributed by atoms with Gasteiger partial charge in [-0.25, -0.2) is 4.98 Å². The minimum absolute atomic E-state index is 0.0991. The second-order valence-electron chi connectivity index (χ2n) is 7.87. The minimum Gasteiger partial charge on any atom is -0.365 e. The number of nitrogens with two attached hydrogens (primary N) is 2. The van der Waals surface area contributed by atoms with Gasteiger partial charge in [0, 0.05) is 30.3 Å². The molecule has 0 saturated heterocycles. The fourth-order valence-corrected chi connectivity index (χ4v) is 4.16. The highest BCUT2D eigenvalue weighted by atomic mass is 16.2. The average Bonchev–Trinajstić information content (AvgIpc) is 3.27. The maximum absolute atomic E-state index is 12.9. The summed E-state index contributed by atoms with van der Waals surface area (Å²) in [5, 5.41) is 3.39. The van der Waals surface area contributed by atoms with Crippen LogP contribution in [0.1, 0.15) is 33.5 Å². The SMILES string of the molecule is NCc1cccc(Nc2ncc3c(=O)c(C(N)=O)cn(-c4ccc5c(c4)CCC5)c3n2)c1. The van der Waals surface area contributed by atoms with Crippen molar-refractivity contribution in [2.24, 2.45) is 11.5 Å². The molecule has 0 unspecified atom stereocenters. The smallest absolute Gasteiger partial charge is 0.254 e. The first-order valence-corrected chi connectivity index (χ1v) is 10.4. The van der Waals surface area contributed by atoms with E-state index < -0.39 is 11.3 Å². The van der Waals surface area contributed by atoms with Gasteiger partial charge in [0.25, 0.3) is 5.91 Å². The van der Waals surface area contributed by atoms with Crippen LogP contribution in [0.2, 0.25) is 0 Å². The van der Waals surface area contributed by atoms with Crippen LogP contribution < -0.4 is 22.2 Å². The van der Waals surface area contributed by atoms with Crippen LogP contribution in [-0.4, -0.2) is 20.4 Å². The zero-order valence-electron chi connectivity index (χ0n) is 17.3. The van der Waals surface area contributed by atoms with E-state index in [1.165, 1.54) is 23.5 Å². The van der Waals surface area contributed by atoms with Crippen LogP contribution >= 0.6 is 0 Å². The second kappa shape index (κ2) is 7.90. The number of nitrogens with one attached hydrogen (secondary N) is 1. The van der Waals surface area contributed by atoms with Gasteiger partial charge >= 0.3 is 0 Å². The molecule has 1 amide bonds. The van der Waals surface area contributed by atoms with Crippen molar-refractivity contribution < 1.29 is 4.79 Å². The highest BCUT2D eigenvalue weighted by Crippen LogP contribution is 2.26. The van der Waals surface area contributed by atoms with E-state index in [1.54, 1.807) is 4.57 Å². The predicted octanol–water partition coefficient (Wildman–Crippen LogP) is 2.57. The van der Waals surface area contributed by atoms with Gasteiger partial charge in [0.1, 0.15) is 5.56 Å². The van der Waals surface area contributed by atoms with Crippen molar-refractivity contribution in [2.45, 2.75) is 25.8 Å². The van der Waals surface area contributed by atoms with Crippen molar-refractivity contribution in [3.63, 3.8) is 0 Å². The third-order valence-electron chi connectivity index (χ3n) is 5.79. The molecule has 2 heterocycles. The van der Waals surface area contributed by atoms with E-state index in [-0.39, 0.29) is 10.9 Å². The summed E-state index contributed by atoms with van der Waals surface area (Å²) < 4.78 is 1.73. The molecule has 5 N–H and O–H groups in total. The summed E-state index contributed by atoms with van der Waals surface area (Å²) in [5.41, 5.74) is 16.2. The van der Waals surface area contributed by atoms with E-state index in [9.17, 15) is 9.59 Å². The first-order chi connectivity index (χ1) is 15.5. The summed E-state index contributed by atoms with van der Waals surface area (Å²) in [4.78, 5) is 33.7. The van der Waals surface area contributed by atoms with E-state index in [1.807, 2.05) is 30.3 Å². The van der Waals surface area contributed by atoms with Gasteiger partial charge in [0.2, 0.25) is 11.4 Å². The van der Waals surface area contributed by atoms with Crippen molar-refractivity contribution in [2.75, 3.05) is 5.32 Å². The Labute approximate surface area is 183 Å². The first-order valence-electron chi connectivity index (χ1n) is 10.4. The molecule has 5 rings (SSSR count). The number of nitrogens with zero attached hydrogens (tertiary/aromatic N) is 3. The lowest BCUT2D eigenvalue weighted by Crippen LogP contribution is -2.24. The average molecular weight is 426 g/mol. The first kappa shape index (κ1) is 19.9. The van der Waals surface area contributed by atoms with Crippen molar-refractivity contribution in [3.05, 3.63) is 87.3 Å². The third-order valence-corrected chi connectivity index (χ3v) is 5.79. The predicted molar refractivity (Wildman–Crippen MR) is 123 cm³/mol. The fraction of sp³-hybridized carbons (Fsp3) is 0.167. The van der Waals surface area contributed by atoms with E-state index in [0.717, 1.165) is 36.2 Å². The van der Waals surface area contributed by atoms with Gasteiger partial charge in [-0.1, -0.05) is 18.2 Å². The van der Waals surface area contributed by atoms with Crippen LogP contribution in [0.4, 0.5) is 11.6 Å². The molecule has 8 heteroatoms. The lowest BCUT2D eigenvalue weighted by Gasteiger charge is -2.14. The Morgan fingerprint density at radius 3 is 2.78 bits per heavy atom. The molecule has 8 nitrogen and oxygen atoms in total. The third kappa shape index (κ3) is 3.50. The number of pyridine rings is 1. The Balaban J connectivity index is 1.68. The van der Waals surface area contributed by atoms with Crippen molar-refractivity contribution >= 4 is 28.6 Å². The van der Waals surface area contributed by atoms with Crippen molar-refractivity contribution in [3.8, 4) is 5.69 Å². The standard InChI is InChI=1S/C24H22N6O2/c25-11-14-3-1-6-17(9-14)28-24-27-12-19-21(31)20(22(26)32)13-30(23(19)29-24)18-8-7-15-4-2-5-16(15)10-18/h1,3,6-10,12-13H,2,4-5,11,25H2,(H2,26,32)(H,27,28,29). The number of fused-ring (bicyclic) bond motifs is 2. The Hall–Kier alpha value is -4.04. The molecule has 0 atom stereocenters. The van der Waals surface area contributed by atoms with Crippen LogP contribution in [-0.2, 0) is 19.4 Å². The van der Waals surface area contributed by atoms with E-state index in [2.05, 4.69) is 27.4 Å². The molecule has 0 aliphatic heterocycles. The molecule has 32 heavy (non-hydrogen) atoms.